The number of hydrogen-bond donors (Lipinski definition) is 2. The Kier molecular flexibility index (Phi) is 5.16. The molecule has 1 aliphatic carbocycles. The van der Waals surface area contributed by atoms with Gasteiger partial charge in [-0.2, -0.15) is 11.3 Å². The van der Waals surface area contributed by atoms with Crippen molar-refractivity contribution < 1.29 is 19.0 Å². The van der Waals surface area contributed by atoms with Gasteiger partial charge in [0.05, 0.1) is 25.7 Å². The van der Waals surface area contributed by atoms with Crippen molar-refractivity contribution in [3.63, 3.8) is 0 Å². The number of benzene rings is 1. The molecular formula is C18H20FNO3S. The summed E-state index contributed by atoms with van der Waals surface area (Å²) in [6.45, 7) is 0. The molecule has 1 saturated carbocycles. The number of carbonyl (C=O) groups excluding carboxylic acids is 1. The molecule has 1 heterocycles. The van der Waals surface area contributed by atoms with E-state index in [1.807, 2.05) is 16.8 Å². The van der Waals surface area contributed by atoms with Crippen LogP contribution in [-0.4, -0.2) is 24.2 Å². The Morgan fingerprint density at radius 3 is 2.83 bits per heavy atom. The summed E-state index contributed by atoms with van der Waals surface area (Å²) < 4.78 is 19.0. The third-order valence-corrected chi connectivity index (χ3v) is 5.15. The smallest absolute Gasteiger partial charge is 0.224 e. The van der Waals surface area contributed by atoms with E-state index >= 15 is 0 Å². The van der Waals surface area contributed by atoms with Gasteiger partial charge in [0.25, 0.3) is 0 Å². The first kappa shape index (κ1) is 16.9. The molecule has 24 heavy (non-hydrogen) atoms. The normalized spacial score (nSPS) is 21.0. The molecule has 1 atom stereocenters. The Morgan fingerprint density at radius 1 is 1.46 bits per heavy atom. The van der Waals surface area contributed by atoms with Crippen molar-refractivity contribution in [2.24, 2.45) is 5.92 Å². The van der Waals surface area contributed by atoms with Gasteiger partial charge in [0, 0.05) is 0 Å². The molecular weight excluding hydrogens is 329 g/mol. The van der Waals surface area contributed by atoms with E-state index in [-0.39, 0.29) is 29.7 Å². The minimum atomic E-state index is -0.452. The number of carbonyl (C=O) groups is 1. The Hall–Kier alpha value is -1.92. The van der Waals surface area contributed by atoms with Crippen molar-refractivity contribution in [2.45, 2.75) is 31.4 Å². The van der Waals surface area contributed by atoms with Crippen LogP contribution in [0.1, 0.15) is 30.0 Å². The minimum absolute atomic E-state index is 0.101. The number of nitrogens with one attached hydrogen (secondary N) is 1. The fraction of sp³-hybridized carbons (Fsp3) is 0.389. The molecule has 1 aromatic heterocycles. The maximum atomic E-state index is 14.0. The lowest BCUT2D eigenvalue weighted by Crippen LogP contribution is -2.41. The second-order valence-electron chi connectivity index (χ2n) is 6.13. The van der Waals surface area contributed by atoms with Crippen LogP contribution >= 0.6 is 11.3 Å². The number of aliphatic hydroxyl groups excluding tert-OH is 1. The summed E-state index contributed by atoms with van der Waals surface area (Å²) in [5.41, 5.74) is 1.66. The number of hydrogen-bond acceptors (Lipinski definition) is 4. The predicted octanol–water partition coefficient (Wildman–Crippen LogP) is 3.07. The first-order valence-corrected chi connectivity index (χ1v) is 8.83. The summed E-state index contributed by atoms with van der Waals surface area (Å²) in [5, 5.41) is 16.5. The Morgan fingerprint density at radius 2 is 2.25 bits per heavy atom. The Bertz CT molecular complexity index is 698. The summed E-state index contributed by atoms with van der Waals surface area (Å²) >= 11 is 1.55. The van der Waals surface area contributed by atoms with Crippen LogP contribution in [0.15, 0.2) is 35.0 Å². The standard InChI is InChI=1S/C18H20FNO3S/c1-23-16-3-2-12(9-15(16)19)18(13-7-14(21)8-13)20-17(22)6-11-4-5-24-10-11/h2-5,9-10,13-14,18,21H,6-8H2,1H3,(H,20,22)/t13?,14?,18-/m1/s1. The lowest BCUT2D eigenvalue weighted by molar-refractivity contribution is -0.122. The topological polar surface area (TPSA) is 58.6 Å². The quantitative estimate of drug-likeness (QED) is 0.843. The van der Waals surface area contributed by atoms with Crippen LogP contribution in [-0.2, 0) is 11.2 Å². The van der Waals surface area contributed by atoms with Gasteiger partial charge in [-0.25, -0.2) is 4.39 Å². The van der Waals surface area contributed by atoms with Crippen LogP contribution in [0.5, 0.6) is 5.75 Å². The van der Waals surface area contributed by atoms with Crippen molar-refractivity contribution >= 4 is 17.2 Å². The van der Waals surface area contributed by atoms with Crippen LogP contribution < -0.4 is 10.1 Å². The third-order valence-electron chi connectivity index (χ3n) is 4.42. The summed E-state index contributed by atoms with van der Waals surface area (Å²) in [4.78, 5) is 12.3. The van der Waals surface area contributed by atoms with E-state index in [0.29, 0.717) is 24.8 Å². The second-order valence-corrected chi connectivity index (χ2v) is 6.91. The van der Waals surface area contributed by atoms with Gasteiger partial charge in [0.2, 0.25) is 5.91 Å². The molecule has 128 valence electrons. The maximum absolute atomic E-state index is 14.0. The van der Waals surface area contributed by atoms with Crippen LogP contribution in [0.3, 0.4) is 0 Å². The minimum Gasteiger partial charge on any atom is -0.494 e. The molecule has 0 bridgehead atoms. The van der Waals surface area contributed by atoms with Crippen LogP contribution in [0.25, 0.3) is 0 Å². The molecule has 0 aliphatic heterocycles. The van der Waals surface area contributed by atoms with Gasteiger partial charge in [-0.15, -0.1) is 0 Å². The highest BCUT2D eigenvalue weighted by molar-refractivity contribution is 7.07. The predicted molar refractivity (Wildman–Crippen MR) is 90.6 cm³/mol. The molecule has 2 aromatic rings. The molecule has 4 nitrogen and oxygen atoms in total. The summed E-state index contributed by atoms with van der Waals surface area (Å²) in [5.74, 6) is -0.266. The van der Waals surface area contributed by atoms with Crippen LogP contribution in [0.4, 0.5) is 4.39 Å². The maximum Gasteiger partial charge on any atom is 0.224 e. The molecule has 1 aliphatic rings. The highest BCUT2D eigenvalue weighted by Crippen LogP contribution is 2.39. The van der Waals surface area contributed by atoms with E-state index < -0.39 is 5.82 Å². The Balaban J connectivity index is 1.76. The van der Waals surface area contributed by atoms with E-state index in [9.17, 15) is 14.3 Å². The molecule has 1 amide bonds. The van der Waals surface area contributed by atoms with E-state index in [1.165, 1.54) is 13.2 Å². The fourth-order valence-electron chi connectivity index (χ4n) is 3.05. The number of rotatable bonds is 6. The largest absolute Gasteiger partial charge is 0.494 e. The average molecular weight is 349 g/mol. The average Bonchev–Trinajstić information content (AvgIpc) is 3.02. The summed E-state index contributed by atoms with van der Waals surface area (Å²) in [6.07, 6.45) is 1.18. The van der Waals surface area contributed by atoms with Gasteiger partial charge in [-0.1, -0.05) is 6.07 Å². The molecule has 0 radical (unpaired) electrons. The molecule has 0 spiro atoms. The molecule has 1 fully saturated rings. The summed E-state index contributed by atoms with van der Waals surface area (Å²) in [6, 6.07) is 6.35. The monoisotopic (exact) mass is 349 g/mol. The zero-order valence-electron chi connectivity index (χ0n) is 13.4. The Labute approximate surface area is 144 Å². The second kappa shape index (κ2) is 7.32. The van der Waals surface area contributed by atoms with E-state index in [2.05, 4.69) is 5.32 Å². The molecule has 1 aromatic carbocycles. The van der Waals surface area contributed by atoms with Gasteiger partial charge in [-0.05, 0) is 58.8 Å². The van der Waals surface area contributed by atoms with E-state index in [4.69, 9.17) is 4.74 Å². The highest BCUT2D eigenvalue weighted by atomic mass is 32.1. The summed E-state index contributed by atoms with van der Waals surface area (Å²) in [7, 11) is 1.42. The number of aliphatic hydroxyl groups is 1. The number of methoxy groups -OCH3 is 1. The molecule has 0 saturated heterocycles. The van der Waals surface area contributed by atoms with Crippen molar-refractivity contribution in [3.05, 3.63) is 52.0 Å². The van der Waals surface area contributed by atoms with Crippen molar-refractivity contribution in [1.29, 1.82) is 0 Å². The van der Waals surface area contributed by atoms with E-state index in [0.717, 1.165) is 5.56 Å². The highest BCUT2D eigenvalue weighted by Gasteiger charge is 2.36. The van der Waals surface area contributed by atoms with Gasteiger partial charge in [0.1, 0.15) is 0 Å². The van der Waals surface area contributed by atoms with Gasteiger partial charge < -0.3 is 15.2 Å². The number of ether oxygens (including phenoxy) is 1. The zero-order chi connectivity index (χ0) is 17.1. The van der Waals surface area contributed by atoms with Crippen molar-refractivity contribution in [1.82, 2.24) is 5.32 Å². The van der Waals surface area contributed by atoms with Crippen LogP contribution in [0, 0.1) is 11.7 Å². The molecule has 2 N–H and O–H groups in total. The van der Waals surface area contributed by atoms with Crippen molar-refractivity contribution in [2.75, 3.05) is 7.11 Å². The van der Waals surface area contributed by atoms with Gasteiger partial charge in [0.15, 0.2) is 11.6 Å². The third kappa shape index (κ3) is 3.76. The first-order chi connectivity index (χ1) is 11.6. The first-order valence-electron chi connectivity index (χ1n) is 7.88. The number of thiophene rings is 1. The lowest BCUT2D eigenvalue weighted by Gasteiger charge is -2.38. The van der Waals surface area contributed by atoms with E-state index in [1.54, 1.807) is 23.5 Å². The van der Waals surface area contributed by atoms with Crippen molar-refractivity contribution in [3.8, 4) is 5.75 Å². The lowest BCUT2D eigenvalue weighted by atomic mass is 9.75. The zero-order valence-corrected chi connectivity index (χ0v) is 14.2. The van der Waals surface area contributed by atoms with Gasteiger partial charge >= 0.3 is 0 Å². The fourth-order valence-corrected chi connectivity index (χ4v) is 3.72. The molecule has 0 unspecified atom stereocenters. The molecule has 6 heteroatoms. The number of amides is 1. The number of halogens is 1. The SMILES string of the molecule is COc1ccc([C@@H](NC(=O)Cc2ccsc2)C2CC(O)C2)cc1F. The van der Waals surface area contributed by atoms with Crippen LogP contribution in [0.2, 0.25) is 0 Å². The van der Waals surface area contributed by atoms with Gasteiger partial charge in [-0.3, -0.25) is 4.79 Å². The molecule has 3 rings (SSSR count).